The number of hydrogen-bond donors (Lipinski definition) is 0. The first-order chi connectivity index (χ1) is 15.0. The van der Waals surface area contributed by atoms with E-state index >= 15 is 0 Å². The van der Waals surface area contributed by atoms with Crippen molar-refractivity contribution >= 4 is 35.4 Å². The summed E-state index contributed by atoms with van der Waals surface area (Å²) in [7, 11) is 0. The van der Waals surface area contributed by atoms with Gasteiger partial charge in [-0.05, 0) is 24.3 Å². The number of fused-ring (bicyclic) bond motifs is 2. The summed E-state index contributed by atoms with van der Waals surface area (Å²) in [5, 5.41) is 0. The molecule has 0 aromatic heterocycles. The summed E-state index contributed by atoms with van der Waals surface area (Å²) in [6, 6.07) is 4.76. The van der Waals surface area contributed by atoms with E-state index in [2.05, 4.69) is 0 Å². The summed E-state index contributed by atoms with van der Waals surface area (Å²) in [5.41, 5.74) is -1.48. The molecule has 32 heavy (non-hydrogen) atoms. The topological polar surface area (TPSA) is 139 Å². The van der Waals surface area contributed by atoms with Gasteiger partial charge in [-0.25, -0.2) is 0 Å². The maximum absolute atomic E-state index is 13.5. The molecular weight excluding hydrogens is 424 g/mol. The number of benzene rings is 2. The van der Waals surface area contributed by atoms with E-state index in [4.69, 9.17) is 18.9 Å². The van der Waals surface area contributed by atoms with E-state index in [0.717, 1.165) is 27.7 Å². The SMILES string of the molecule is CC(=O)Oc1ccc(OC(C)=O)c2c1C(=O)c1c(OC(C)=O)ccc(OC(C)=O)c1C2=O. The largest absolute Gasteiger partial charge is 0.426 e. The lowest BCUT2D eigenvalue weighted by molar-refractivity contribution is -0.133. The van der Waals surface area contributed by atoms with Crippen LogP contribution in [-0.4, -0.2) is 35.4 Å². The second kappa shape index (κ2) is 8.42. The molecule has 0 N–H and O–H groups in total. The first-order valence-corrected chi connectivity index (χ1v) is 9.18. The van der Waals surface area contributed by atoms with Crippen LogP contribution in [0, 0.1) is 0 Å². The van der Waals surface area contributed by atoms with Crippen LogP contribution < -0.4 is 18.9 Å². The summed E-state index contributed by atoms with van der Waals surface area (Å²) >= 11 is 0. The molecule has 0 saturated heterocycles. The monoisotopic (exact) mass is 440 g/mol. The minimum Gasteiger partial charge on any atom is -0.426 e. The maximum Gasteiger partial charge on any atom is 0.308 e. The number of esters is 4. The predicted molar refractivity (Wildman–Crippen MR) is 105 cm³/mol. The normalized spacial score (nSPS) is 11.8. The van der Waals surface area contributed by atoms with E-state index in [1.165, 1.54) is 24.3 Å². The van der Waals surface area contributed by atoms with Gasteiger partial charge in [-0.15, -0.1) is 0 Å². The quantitative estimate of drug-likeness (QED) is 0.438. The Morgan fingerprint density at radius 2 is 0.656 bits per heavy atom. The van der Waals surface area contributed by atoms with Crippen molar-refractivity contribution in [3.63, 3.8) is 0 Å². The number of ether oxygens (including phenoxy) is 4. The molecule has 2 aromatic rings. The van der Waals surface area contributed by atoms with Gasteiger partial charge < -0.3 is 18.9 Å². The number of carbonyl (C=O) groups is 6. The summed E-state index contributed by atoms with van der Waals surface area (Å²) in [4.78, 5) is 73.2. The molecule has 2 aromatic carbocycles. The first kappa shape index (κ1) is 22.3. The molecule has 0 spiro atoms. The highest BCUT2D eigenvalue weighted by Crippen LogP contribution is 2.44. The van der Waals surface area contributed by atoms with E-state index < -0.39 is 35.4 Å². The molecule has 0 fully saturated rings. The Morgan fingerprint density at radius 1 is 0.469 bits per heavy atom. The van der Waals surface area contributed by atoms with Crippen LogP contribution in [-0.2, 0) is 19.2 Å². The third kappa shape index (κ3) is 4.10. The van der Waals surface area contributed by atoms with Crippen LogP contribution in [0.25, 0.3) is 0 Å². The van der Waals surface area contributed by atoms with Gasteiger partial charge in [-0.2, -0.15) is 0 Å². The Kier molecular flexibility index (Phi) is 5.88. The zero-order chi connectivity index (χ0) is 23.7. The second-order valence-electron chi connectivity index (χ2n) is 6.66. The molecule has 164 valence electrons. The predicted octanol–water partition coefficient (Wildman–Crippen LogP) is 2.16. The average molecular weight is 440 g/mol. The Bertz CT molecular complexity index is 1040. The van der Waals surface area contributed by atoms with Gasteiger partial charge in [-0.1, -0.05) is 0 Å². The molecule has 0 atom stereocenters. The zero-order valence-electron chi connectivity index (χ0n) is 17.4. The van der Waals surface area contributed by atoms with Crippen molar-refractivity contribution < 1.29 is 47.7 Å². The van der Waals surface area contributed by atoms with E-state index in [9.17, 15) is 28.8 Å². The molecule has 1 aliphatic carbocycles. The lowest BCUT2D eigenvalue weighted by Gasteiger charge is -2.24. The highest BCUT2D eigenvalue weighted by molar-refractivity contribution is 6.32. The smallest absolute Gasteiger partial charge is 0.308 e. The first-order valence-electron chi connectivity index (χ1n) is 9.18. The van der Waals surface area contributed by atoms with Crippen LogP contribution in [0.15, 0.2) is 24.3 Å². The molecule has 0 unspecified atom stereocenters. The summed E-state index contributed by atoms with van der Waals surface area (Å²) in [6.45, 7) is 4.38. The van der Waals surface area contributed by atoms with Gasteiger partial charge in [0, 0.05) is 27.7 Å². The lowest BCUT2D eigenvalue weighted by atomic mass is 9.82. The fourth-order valence-electron chi connectivity index (χ4n) is 3.24. The number of rotatable bonds is 4. The lowest BCUT2D eigenvalue weighted by Crippen LogP contribution is -2.26. The average Bonchev–Trinajstić information content (AvgIpc) is 2.66. The van der Waals surface area contributed by atoms with E-state index in [1.54, 1.807) is 0 Å². The van der Waals surface area contributed by atoms with Gasteiger partial charge in [0.2, 0.25) is 11.6 Å². The Balaban J connectivity index is 2.39. The Labute approximate surface area is 181 Å². The zero-order valence-corrected chi connectivity index (χ0v) is 17.4. The molecule has 0 heterocycles. The fraction of sp³-hybridized carbons (Fsp3) is 0.182. The van der Waals surface area contributed by atoms with Gasteiger partial charge >= 0.3 is 23.9 Å². The summed E-state index contributed by atoms with van der Waals surface area (Å²) < 4.78 is 20.3. The van der Waals surface area contributed by atoms with Gasteiger partial charge in [-0.3, -0.25) is 28.8 Å². The van der Waals surface area contributed by atoms with E-state index in [1.807, 2.05) is 0 Å². The molecule has 10 nitrogen and oxygen atoms in total. The Hall–Kier alpha value is -4.34. The fourth-order valence-corrected chi connectivity index (χ4v) is 3.24. The van der Waals surface area contributed by atoms with Crippen molar-refractivity contribution in [3.8, 4) is 23.0 Å². The van der Waals surface area contributed by atoms with Crippen LogP contribution in [0.4, 0.5) is 0 Å². The van der Waals surface area contributed by atoms with E-state index in [0.29, 0.717) is 0 Å². The van der Waals surface area contributed by atoms with Crippen LogP contribution in [0.5, 0.6) is 23.0 Å². The molecule has 0 aliphatic heterocycles. The highest BCUT2D eigenvalue weighted by Gasteiger charge is 2.40. The van der Waals surface area contributed by atoms with Gasteiger partial charge in [0.15, 0.2) is 0 Å². The van der Waals surface area contributed by atoms with Crippen molar-refractivity contribution in [2.75, 3.05) is 0 Å². The molecule has 0 saturated carbocycles. The minimum atomic E-state index is -0.870. The number of ketones is 2. The standard InChI is InChI=1S/C22H16O10/c1-9(23)29-13-5-6-14(30-10(2)24)18-17(13)21(27)19-15(31-11(3)25)7-8-16(32-12(4)26)20(19)22(18)28/h5-8H,1-4H3. The minimum absolute atomic E-state index is 0.265. The summed E-state index contributed by atoms with van der Waals surface area (Å²) in [5.74, 6) is -5.88. The van der Waals surface area contributed by atoms with E-state index in [-0.39, 0.29) is 45.3 Å². The molecule has 0 bridgehead atoms. The molecule has 10 heteroatoms. The summed E-state index contributed by atoms with van der Waals surface area (Å²) in [6.07, 6.45) is 0. The second-order valence-corrected chi connectivity index (χ2v) is 6.66. The van der Waals surface area contributed by atoms with Crippen molar-refractivity contribution in [1.82, 2.24) is 0 Å². The van der Waals surface area contributed by atoms with Gasteiger partial charge in [0.05, 0.1) is 22.3 Å². The van der Waals surface area contributed by atoms with Gasteiger partial charge in [0.1, 0.15) is 23.0 Å². The highest BCUT2D eigenvalue weighted by atomic mass is 16.5. The maximum atomic E-state index is 13.5. The van der Waals surface area contributed by atoms with Crippen LogP contribution >= 0.6 is 0 Å². The van der Waals surface area contributed by atoms with Crippen molar-refractivity contribution in [2.24, 2.45) is 0 Å². The third-order valence-electron chi connectivity index (χ3n) is 4.18. The van der Waals surface area contributed by atoms with Crippen LogP contribution in [0.2, 0.25) is 0 Å². The molecular formula is C22H16O10. The molecule has 0 amide bonds. The van der Waals surface area contributed by atoms with Gasteiger partial charge in [0.25, 0.3) is 0 Å². The van der Waals surface area contributed by atoms with Crippen molar-refractivity contribution in [2.45, 2.75) is 27.7 Å². The number of hydrogen-bond acceptors (Lipinski definition) is 10. The van der Waals surface area contributed by atoms with Crippen LogP contribution in [0.1, 0.15) is 59.5 Å². The molecule has 1 aliphatic rings. The Morgan fingerprint density at radius 3 is 0.812 bits per heavy atom. The third-order valence-corrected chi connectivity index (χ3v) is 4.18. The molecule has 0 radical (unpaired) electrons. The van der Waals surface area contributed by atoms with Crippen molar-refractivity contribution in [3.05, 3.63) is 46.5 Å². The van der Waals surface area contributed by atoms with Crippen LogP contribution in [0.3, 0.4) is 0 Å². The number of carbonyl (C=O) groups excluding carboxylic acids is 6. The molecule has 3 rings (SSSR count). The van der Waals surface area contributed by atoms with Crippen molar-refractivity contribution in [1.29, 1.82) is 0 Å².